The fourth-order valence-electron chi connectivity index (χ4n) is 3.37. The van der Waals surface area contributed by atoms with Crippen molar-refractivity contribution in [3.8, 4) is 0 Å². The molecule has 1 aromatic carbocycles. The Balaban J connectivity index is 2.03. The fraction of sp³-hybridized carbons (Fsp3) is 0.684. The maximum Gasteiger partial charge on any atom is 0.0411 e. The van der Waals surface area contributed by atoms with Gasteiger partial charge in [-0.25, -0.2) is 0 Å². The van der Waals surface area contributed by atoms with Crippen LogP contribution in [-0.4, -0.2) is 19.6 Å². The summed E-state index contributed by atoms with van der Waals surface area (Å²) >= 11 is 0. The van der Waals surface area contributed by atoms with Gasteiger partial charge >= 0.3 is 0 Å². The van der Waals surface area contributed by atoms with Gasteiger partial charge in [-0.05, 0) is 55.7 Å². The van der Waals surface area contributed by atoms with Crippen LogP contribution in [0, 0.1) is 5.41 Å². The van der Waals surface area contributed by atoms with E-state index in [4.69, 9.17) is 0 Å². The predicted molar refractivity (Wildman–Crippen MR) is 92.9 cm³/mol. The average molecular weight is 288 g/mol. The highest BCUT2D eigenvalue weighted by Gasteiger charge is 2.29. The van der Waals surface area contributed by atoms with E-state index in [0.29, 0.717) is 11.5 Å². The number of hydrogen-bond acceptors (Lipinski definition) is 2. The molecule has 0 saturated heterocycles. The maximum absolute atomic E-state index is 3.54. The first-order valence-corrected chi connectivity index (χ1v) is 8.55. The summed E-state index contributed by atoms with van der Waals surface area (Å²) in [5, 5.41) is 3.54. The molecule has 1 aliphatic rings. The molecule has 0 unspecified atom stereocenters. The Morgan fingerprint density at radius 1 is 1.19 bits per heavy atom. The molecule has 2 rings (SSSR count). The van der Waals surface area contributed by atoms with Gasteiger partial charge in [-0.2, -0.15) is 0 Å². The summed E-state index contributed by atoms with van der Waals surface area (Å²) in [6.45, 7) is 9.11. The number of hydrogen-bond donors (Lipinski definition) is 1. The van der Waals surface area contributed by atoms with Crippen molar-refractivity contribution >= 4 is 5.69 Å². The van der Waals surface area contributed by atoms with E-state index < -0.39 is 0 Å². The minimum Gasteiger partial charge on any atom is -0.371 e. The van der Waals surface area contributed by atoms with Crippen molar-refractivity contribution < 1.29 is 0 Å². The second-order valence-electron chi connectivity index (χ2n) is 7.31. The number of nitrogens with one attached hydrogen (secondary N) is 1. The minimum absolute atomic E-state index is 0.541. The molecule has 1 fully saturated rings. The largest absolute Gasteiger partial charge is 0.371 e. The standard InChI is InChI=1S/C19H32N2/c1-5-14-20-15-16-8-6-7-9-18(16)21(4)17-10-12-19(2,3)13-11-17/h6-9,17,20H,5,10-15H2,1-4H3. The van der Waals surface area contributed by atoms with Crippen molar-refractivity contribution in [3.63, 3.8) is 0 Å². The topological polar surface area (TPSA) is 15.3 Å². The van der Waals surface area contributed by atoms with Crippen LogP contribution in [0.3, 0.4) is 0 Å². The Morgan fingerprint density at radius 3 is 2.52 bits per heavy atom. The number of nitrogens with zero attached hydrogens (tertiary/aromatic N) is 1. The van der Waals surface area contributed by atoms with Gasteiger partial charge in [-0.15, -0.1) is 0 Å². The van der Waals surface area contributed by atoms with Crippen LogP contribution < -0.4 is 10.2 Å². The van der Waals surface area contributed by atoms with Gasteiger partial charge in [0.1, 0.15) is 0 Å². The van der Waals surface area contributed by atoms with E-state index in [1.54, 1.807) is 0 Å². The third-order valence-corrected chi connectivity index (χ3v) is 4.97. The lowest BCUT2D eigenvalue weighted by Crippen LogP contribution is -2.37. The third kappa shape index (κ3) is 4.47. The molecule has 2 nitrogen and oxygen atoms in total. The lowest BCUT2D eigenvalue weighted by Gasteiger charge is -2.40. The molecule has 0 heterocycles. The lowest BCUT2D eigenvalue weighted by atomic mass is 9.75. The first-order chi connectivity index (χ1) is 10.0. The number of anilines is 1. The predicted octanol–water partition coefficient (Wildman–Crippen LogP) is 4.59. The zero-order chi connectivity index (χ0) is 15.3. The zero-order valence-corrected chi connectivity index (χ0v) is 14.3. The summed E-state index contributed by atoms with van der Waals surface area (Å²) < 4.78 is 0. The minimum atomic E-state index is 0.541. The van der Waals surface area contributed by atoms with E-state index in [0.717, 1.165) is 13.1 Å². The van der Waals surface area contributed by atoms with Gasteiger partial charge in [0.05, 0.1) is 0 Å². The molecule has 1 N–H and O–H groups in total. The van der Waals surface area contributed by atoms with Crippen LogP contribution in [0.2, 0.25) is 0 Å². The molecule has 0 aromatic heterocycles. The van der Waals surface area contributed by atoms with Crippen LogP contribution in [0.15, 0.2) is 24.3 Å². The fourth-order valence-corrected chi connectivity index (χ4v) is 3.37. The van der Waals surface area contributed by atoms with Crippen molar-refractivity contribution in [2.24, 2.45) is 5.41 Å². The second kappa shape index (κ2) is 7.31. The van der Waals surface area contributed by atoms with Crippen LogP contribution in [0.25, 0.3) is 0 Å². The summed E-state index contributed by atoms with van der Waals surface area (Å²) in [6, 6.07) is 9.57. The van der Waals surface area contributed by atoms with E-state index >= 15 is 0 Å². The first kappa shape index (κ1) is 16.4. The zero-order valence-electron chi connectivity index (χ0n) is 14.3. The van der Waals surface area contributed by atoms with Crippen molar-refractivity contribution in [2.75, 3.05) is 18.5 Å². The molecular weight excluding hydrogens is 256 g/mol. The molecule has 0 aliphatic heterocycles. The van der Waals surface area contributed by atoms with Crippen molar-refractivity contribution in [1.82, 2.24) is 5.32 Å². The quantitative estimate of drug-likeness (QED) is 0.770. The number of rotatable bonds is 6. The van der Waals surface area contributed by atoms with Crippen molar-refractivity contribution in [1.29, 1.82) is 0 Å². The van der Waals surface area contributed by atoms with E-state index in [2.05, 4.69) is 62.3 Å². The lowest BCUT2D eigenvalue weighted by molar-refractivity contribution is 0.222. The highest BCUT2D eigenvalue weighted by Crippen LogP contribution is 2.38. The van der Waals surface area contributed by atoms with Gasteiger partial charge in [0.25, 0.3) is 0 Å². The van der Waals surface area contributed by atoms with Gasteiger partial charge in [-0.1, -0.05) is 39.0 Å². The molecule has 1 saturated carbocycles. The van der Waals surface area contributed by atoms with Gasteiger partial charge in [0.2, 0.25) is 0 Å². The van der Waals surface area contributed by atoms with Crippen molar-refractivity contribution in [2.45, 2.75) is 65.5 Å². The average Bonchev–Trinajstić information content (AvgIpc) is 2.47. The van der Waals surface area contributed by atoms with Crippen LogP contribution in [-0.2, 0) is 6.54 Å². The Morgan fingerprint density at radius 2 is 1.86 bits per heavy atom. The third-order valence-electron chi connectivity index (χ3n) is 4.97. The van der Waals surface area contributed by atoms with Crippen LogP contribution in [0.5, 0.6) is 0 Å². The summed E-state index contributed by atoms with van der Waals surface area (Å²) in [4.78, 5) is 2.53. The van der Waals surface area contributed by atoms with Gasteiger partial charge < -0.3 is 10.2 Å². The number of para-hydroxylation sites is 1. The first-order valence-electron chi connectivity index (χ1n) is 8.55. The Hall–Kier alpha value is -1.02. The van der Waals surface area contributed by atoms with Crippen molar-refractivity contribution in [3.05, 3.63) is 29.8 Å². The monoisotopic (exact) mass is 288 g/mol. The van der Waals surface area contributed by atoms with E-state index in [1.165, 1.54) is 43.4 Å². The molecule has 0 atom stereocenters. The molecule has 0 amide bonds. The van der Waals surface area contributed by atoms with Crippen LogP contribution >= 0.6 is 0 Å². The van der Waals surface area contributed by atoms with Gasteiger partial charge in [-0.3, -0.25) is 0 Å². The summed E-state index contributed by atoms with van der Waals surface area (Å²) in [6.07, 6.45) is 6.52. The Bertz CT molecular complexity index is 429. The second-order valence-corrected chi connectivity index (χ2v) is 7.31. The van der Waals surface area contributed by atoms with E-state index in [-0.39, 0.29) is 0 Å². The maximum atomic E-state index is 3.54. The van der Waals surface area contributed by atoms with E-state index in [1.807, 2.05) is 0 Å². The SMILES string of the molecule is CCCNCc1ccccc1N(C)C1CCC(C)(C)CC1. The normalized spacial score (nSPS) is 18.7. The molecule has 2 heteroatoms. The van der Waals surface area contributed by atoms with Crippen LogP contribution in [0.1, 0.15) is 58.4 Å². The Labute approximate surface area is 130 Å². The highest BCUT2D eigenvalue weighted by atomic mass is 15.1. The molecule has 0 bridgehead atoms. The molecule has 1 aliphatic carbocycles. The summed E-state index contributed by atoms with van der Waals surface area (Å²) in [5.74, 6) is 0. The highest BCUT2D eigenvalue weighted by molar-refractivity contribution is 5.53. The van der Waals surface area contributed by atoms with Crippen LogP contribution in [0.4, 0.5) is 5.69 Å². The Kier molecular flexibility index (Phi) is 5.69. The molecular formula is C19H32N2. The summed E-state index contributed by atoms with van der Waals surface area (Å²) in [7, 11) is 2.28. The molecule has 21 heavy (non-hydrogen) atoms. The van der Waals surface area contributed by atoms with Gasteiger partial charge in [0, 0.05) is 25.3 Å². The number of benzene rings is 1. The van der Waals surface area contributed by atoms with Gasteiger partial charge in [0.15, 0.2) is 0 Å². The van der Waals surface area contributed by atoms with E-state index in [9.17, 15) is 0 Å². The molecule has 0 radical (unpaired) electrons. The molecule has 1 aromatic rings. The molecule has 118 valence electrons. The molecule has 0 spiro atoms. The smallest absolute Gasteiger partial charge is 0.0411 e. The summed E-state index contributed by atoms with van der Waals surface area (Å²) in [5.41, 5.74) is 3.38.